The summed E-state index contributed by atoms with van der Waals surface area (Å²) in [4.78, 5) is 8.67. The van der Waals surface area contributed by atoms with Crippen molar-refractivity contribution >= 4 is 11.3 Å². The molecule has 0 fully saturated rings. The molecule has 0 saturated carbocycles. The molecule has 2 heterocycles. The number of halogens is 3. The molecule has 8 heteroatoms. The molecule has 0 saturated heterocycles. The molecule has 0 atom stereocenters. The van der Waals surface area contributed by atoms with Crippen molar-refractivity contribution in [3.8, 4) is 11.4 Å². The molecule has 0 radical (unpaired) electrons. The van der Waals surface area contributed by atoms with Crippen LogP contribution >= 0.6 is 11.3 Å². The Bertz CT molecular complexity index is 777. The first-order chi connectivity index (χ1) is 10.4. The Morgan fingerprint density at radius 3 is 2.45 bits per heavy atom. The molecule has 0 aliphatic rings. The molecule has 3 aromatic rings. The van der Waals surface area contributed by atoms with Gasteiger partial charge in [0.2, 0.25) is 5.82 Å². The zero-order valence-corrected chi connectivity index (χ0v) is 12.2. The highest BCUT2D eigenvalue weighted by Crippen LogP contribution is 2.29. The molecule has 4 nitrogen and oxygen atoms in total. The van der Waals surface area contributed by atoms with Crippen LogP contribution in [0.25, 0.3) is 11.4 Å². The highest BCUT2D eigenvalue weighted by atomic mass is 32.1. The monoisotopic (exact) mass is 325 g/mol. The fraction of sp³-hybridized carbons (Fsp3) is 0.214. The van der Waals surface area contributed by atoms with E-state index in [9.17, 15) is 13.2 Å². The van der Waals surface area contributed by atoms with Crippen LogP contribution in [0.15, 0.2) is 35.0 Å². The van der Waals surface area contributed by atoms with Crippen LogP contribution in [0.5, 0.6) is 0 Å². The van der Waals surface area contributed by atoms with E-state index in [-0.39, 0.29) is 5.82 Å². The number of benzene rings is 1. The number of aromatic nitrogens is 3. The van der Waals surface area contributed by atoms with Crippen LogP contribution in [0.1, 0.15) is 21.3 Å². The number of hydrogen-bond donors (Lipinski definition) is 0. The number of aryl methyl sites for hydroxylation is 1. The zero-order chi connectivity index (χ0) is 15.7. The first-order valence-electron chi connectivity index (χ1n) is 6.33. The number of thiazole rings is 1. The Labute approximate surface area is 127 Å². The van der Waals surface area contributed by atoms with Crippen LogP contribution in [-0.2, 0) is 12.6 Å². The van der Waals surface area contributed by atoms with E-state index >= 15 is 0 Å². The molecule has 0 aliphatic heterocycles. The number of hydrogen-bond acceptors (Lipinski definition) is 5. The van der Waals surface area contributed by atoms with E-state index in [2.05, 4.69) is 19.6 Å². The van der Waals surface area contributed by atoms with Gasteiger partial charge in [0.1, 0.15) is 0 Å². The lowest BCUT2D eigenvalue weighted by molar-refractivity contribution is -0.159. The Kier molecular flexibility index (Phi) is 3.69. The van der Waals surface area contributed by atoms with Crippen molar-refractivity contribution in [2.75, 3.05) is 0 Å². The van der Waals surface area contributed by atoms with Crippen molar-refractivity contribution in [2.24, 2.45) is 0 Å². The van der Waals surface area contributed by atoms with Crippen molar-refractivity contribution in [2.45, 2.75) is 19.5 Å². The normalized spacial score (nSPS) is 11.8. The molecule has 0 spiro atoms. The second kappa shape index (κ2) is 5.53. The standard InChI is InChI=1S/C14H10F3N3OS/c1-8-18-7-11(22-8)6-9-2-4-10(5-3-9)12-19-13(21-20-12)14(15,16)17/h2-5,7H,6H2,1H3. The van der Waals surface area contributed by atoms with Crippen LogP contribution in [0.4, 0.5) is 13.2 Å². The van der Waals surface area contributed by atoms with Gasteiger partial charge in [-0.05, 0) is 12.5 Å². The van der Waals surface area contributed by atoms with E-state index in [1.807, 2.05) is 25.3 Å². The number of nitrogens with zero attached hydrogens (tertiary/aromatic N) is 3. The maximum Gasteiger partial charge on any atom is 0.471 e. The molecule has 114 valence electrons. The second-order valence-electron chi connectivity index (χ2n) is 4.64. The maximum atomic E-state index is 12.4. The fourth-order valence-electron chi connectivity index (χ4n) is 1.92. The minimum atomic E-state index is -4.63. The van der Waals surface area contributed by atoms with Crippen LogP contribution in [0.3, 0.4) is 0 Å². The van der Waals surface area contributed by atoms with Crippen molar-refractivity contribution < 1.29 is 17.7 Å². The van der Waals surface area contributed by atoms with E-state index < -0.39 is 12.1 Å². The van der Waals surface area contributed by atoms with Crippen LogP contribution in [0.2, 0.25) is 0 Å². The van der Waals surface area contributed by atoms with Gasteiger partial charge in [0, 0.05) is 23.1 Å². The zero-order valence-electron chi connectivity index (χ0n) is 11.4. The van der Waals surface area contributed by atoms with Gasteiger partial charge in [0.05, 0.1) is 5.01 Å². The number of alkyl halides is 3. The maximum absolute atomic E-state index is 12.4. The lowest BCUT2D eigenvalue weighted by Crippen LogP contribution is -2.04. The first kappa shape index (κ1) is 14.7. The summed E-state index contributed by atoms with van der Waals surface area (Å²) in [6, 6.07) is 7.00. The van der Waals surface area contributed by atoms with Gasteiger partial charge in [-0.2, -0.15) is 18.2 Å². The van der Waals surface area contributed by atoms with E-state index in [0.717, 1.165) is 21.9 Å². The Morgan fingerprint density at radius 1 is 1.18 bits per heavy atom. The van der Waals surface area contributed by atoms with Gasteiger partial charge in [-0.3, -0.25) is 0 Å². The first-order valence-corrected chi connectivity index (χ1v) is 7.15. The third-order valence-electron chi connectivity index (χ3n) is 2.93. The molecule has 1 aromatic carbocycles. The highest BCUT2D eigenvalue weighted by Gasteiger charge is 2.38. The molecule has 2 aromatic heterocycles. The van der Waals surface area contributed by atoms with Gasteiger partial charge >= 0.3 is 12.1 Å². The average Bonchev–Trinajstić information content (AvgIpc) is 3.08. The minimum Gasteiger partial charge on any atom is -0.329 e. The summed E-state index contributed by atoms with van der Waals surface area (Å²) in [5.74, 6) is -1.42. The van der Waals surface area contributed by atoms with Crippen molar-refractivity contribution in [1.82, 2.24) is 15.1 Å². The van der Waals surface area contributed by atoms with Crippen molar-refractivity contribution in [3.63, 3.8) is 0 Å². The summed E-state index contributed by atoms with van der Waals surface area (Å²) in [6.07, 6.45) is -2.08. The predicted molar refractivity (Wildman–Crippen MR) is 74.4 cm³/mol. The lowest BCUT2D eigenvalue weighted by atomic mass is 10.1. The van der Waals surface area contributed by atoms with Crippen LogP contribution in [0, 0.1) is 6.92 Å². The highest BCUT2D eigenvalue weighted by molar-refractivity contribution is 7.11. The van der Waals surface area contributed by atoms with Gasteiger partial charge in [0.15, 0.2) is 0 Å². The van der Waals surface area contributed by atoms with E-state index in [4.69, 9.17) is 0 Å². The van der Waals surface area contributed by atoms with Gasteiger partial charge in [-0.25, -0.2) is 4.98 Å². The lowest BCUT2D eigenvalue weighted by Gasteiger charge is -2.00. The van der Waals surface area contributed by atoms with Crippen LogP contribution in [-0.4, -0.2) is 15.1 Å². The average molecular weight is 325 g/mol. The topological polar surface area (TPSA) is 51.8 Å². The molecule has 3 rings (SSSR count). The Hall–Kier alpha value is -2.22. The van der Waals surface area contributed by atoms with Gasteiger partial charge in [0.25, 0.3) is 0 Å². The fourth-order valence-corrected chi connectivity index (χ4v) is 2.74. The van der Waals surface area contributed by atoms with Gasteiger partial charge < -0.3 is 4.52 Å². The predicted octanol–water partition coefficient (Wildman–Crippen LogP) is 4.11. The van der Waals surface area contributed by atoms with Gasteiger partial charge in [-0.1, -0.05) is 29.4 Å². The molecule has 0 N–H and O–H groups in total. The summed E-state index contributed by atoms with van der Waals surface area (Å²) in [6.45, 7) is 1.94. The summed E-state index contributed by atoms with van der Waals surface area (Å²) in [5, 5.41) is 4.35. The molecule has 0 aliphatic carbocycles. The molecule has 0 unspecified atom stereocenters. The number of rotatable bonds is 3. The second-order valence-corrected chi connectivity index (χ2v) is 5.96. The van der Waals surface area contributed by atoms with Crippen LogP contribution < -0.4 is 0 Å². The van der Waals surface area contributed by atoms with E-state index in [0.29, 0.717) is 5.56 Å². The molecule has 0 bridgehead atoms. The molecular weight excluding hydrogens is 315 g/mol. The quantitative estimate of drug-likeness (QED) is 0.727. The van der Waals surface area contributed by atoms with Gasteiger partial charge in [-0.15, -0.1) is 11.3 Å². The van der Waals surface area contributed by atoms with E-state index in [1.54, 1.807) is 23.5 Å². The smallest absolute Gasteiger partial charge is 0.329 e. The summed E-state index contributed by atoms with van der Waals surface area (Å²) in [5.41, 5.74) is 1.51. The molecular formula is C14H10F3N3OS. The molecule has 22 heavy (non-hydrogen) atoms. The summed E-state index contributed by atoms with van der Waals surface area (Å²) < 4.78 is 41.5. The third-order valence-corrected chi connectivity index (χ3v) is 3.84. The van der Waals surface area contributed by atoms with E-state index in [1.165, 1.54) is 0 Å². The Morgan fingerprint density at radius 2 is 1.91 bits per heavy atom. The third kappa shape index (κ3) is 3.16. The summed E-state index contributed by atoms with van der Waals surface area (Å²) in [7, 11) is 0. The Balaban J connectivity index is 1.78. The largest absolute Gasteiger partial charge is 0.471 e. The van der Waals surface area contributed by atoms with Crippen molar-refractivity contribution in [3.05, 3.63) is 51.8 Å². The van der Waals surface area contributed by atoms with Crippen molar-refractivity contribution in [1.29, 1.82) is 0 Å². The SMILES string of the molecule is Cc1ncc(Cc2ccc(-c3noc(C(F)(F)F)n3)cc2)s1. The minimum absolute atomic E-state index is 0.0764. The summed E-state index contributed by atoms with van der Waals surface area (Å²) >= 11 is 1.61. The molecule has 0 amide bonds.